The summed E-state index contributed by atoms with van der Waals surface area (Å²) in [5, 5.41) is 4.04. The summed E-state index contributed by atoms with van der Waals surface area (Å²) in [5.41, 5.74) is 8.67. The van der Waals surface area contributed by atoms with Gasteiger partial charge in [0.25, 0.3) is 0 Å². The highest BCUT2D eigenvalue weighted by Gasteiger charge is 2.05. The second kappa shape index (κ2) is 9.14. The van der Waals surface area contributed by atoms with E-state index < -0.39 is 0 Å². The Morgan fingerprint density at radius 2 is 2.15 bits per heavy atom. The summed E-state index contributed by atoms with van der Waals surface area (Å²) in [5.74, 6) is 1.46. The van der Waals surface area contributed by atoms with Crippen LogP contribution in [0.3, 0.4) is 0 Å². The molecule has 0 radical (unpaired) electrons. The van der Waals surface area contributed by atoms with Gasteiger partial charge in [0, 0.05) is 0 Å². The highest BCUT2D eigenvalue weighted by atomic mass is 32.1. The first-order valence-corrected chi connectivity index (χ1v) is 7.06. The molecule has 1 rings (SSSR count). The lowest BCUT2D eigenvalue weighted by molar-refractivity contribution is 0.272. The Bertz CT molecular complexity index is 464. The molecule has 0 amide bonds. The number of ether oxygens (including phenoxy) is 2. The van der Waals surface area contributed by atoms with Crippen LogP contribution in [0.2, 0.25) is 0 Å². The van der Waals surface area contributed by atoms with Crippen LogP contribution in [-0.4, -0.2) is 24.5 Å². The number of thiocarbonyl (C=S) groups is 1. The summed E-state index contributed by atoms with van der Waals surface area (Å²) in [7, 11) is 0. The van der Waals surface area contributed by atoms with Gasteiger partial charge in [-0.15, -0.1) is 0 Å². The number of hydrogen-bond donors (Lipinski definition) is 2. The number of unbranched alkanes of at least 4 members (excludes halogenated alkanes) is 1. The van der Waals surface area contributed by atoms with Crippen molar-refractivity contribution in [3.05, 3.63) is 23.8 Å². The zero-order valence-corrected chi connectivity index (χ0v) is 12.7. The molecule has 5 nitrogen and oxygen atoms in total. The van der Waals surface area contributed by atoms with E-state index in [1.807, 2.05) is 25.1 Å². The minimum absolute atomic E-state index is 0.130. The number of benzene rings is 1. The molecule has 20 heavy (non-hydrogen) atoms. The molecule has 3 N–H and O–H groups in total. The van der Waals surface area contributed by atoms with Crippen molar-refractivity contribution in [3.63, 3.8) is 0 Å². The normalized spacial score (nSPS) is 10.5. The molecule has 6 heteroatoms. The Labute approximate surface area is 125 Å². The number of hydrazone groups is 1. The molecule has 0 atom stereocenters. The van der Waals surface area contributed by atoms with Crippen LogP contribution < -0.4 is 20.6 Å². The molecule has 0 spiro atoms. The summed E-state index contributed by atoms with van der Waals surface area (Å²) in [4.78, 5) is 0. The monoisotopic (exact) mass is 295 g/mol. The summed E-state index contributed by atoms with van der Waals surface area (Å²) in [6.07, 6.45) is 3.74. The second-order valence-corrected chi connectivity index (χ2v) is 4.52. The van der Waals surface area contributed by atoms with Crippen molar-refractivity contribution in [1.29, 1.82) is 0 Å². The average Bonchev–Trinajstić information content (AvgIpc) is 2.41. The van der Waals surface area contributed by atoms with Crippen molar-refractivity contribution < 1.29 is 9.47 Å². The number of hydrogen-bond acceptors (Lipinski definition) is 4. The molecule has 0 saturated carbocycles. The highest BCUT2D eigenvalue weighted by Crippen LogP contribution is 2.28. The summed E-state index contributed by atoms with van der Waals surface area (Å²) in [6.45, 7) is 5.33. The summed E-state index contributed by atoms with van der Waals surface area (Å²) in [6, 6.07) is 5.65. The first kappa shape index (κ1) is 16.2. The summed E-state index contributed by atoms with van der Waals surface area (Å²) >= 11 is 4.67. The van der Waals surface area contributed by atoms with Gasteiger partial charge in [0.1, 0.15) is 0 Å². The predicted octanol–water partition coefficient (Wildman–Crippen LogP) is 2.43. The van der Waals surface area contributed by atoms with E-state index in [2.05, 4.69) is 29.7 Å². The third kappa shape index (κ3) is 5.88. The van der Waals surface area contributed by atoms with Gasteiger partial charge in [-0.2, -0.15) is 5.10 Å². The quantitative estimate of drug-likeness (QED) is 0.334. The zero-order valence-electron chi connectivity index (χ0n) is 11.9. The van der Waals surface area contributed by atoms with Gasteiger partial charge in [-0.05, 0) is 49.3 Å². The minimum atomic E-state index is 0.130. The van der Waals surface area contributed by atoms with Crippen molar-refractivity contribution in [2.75, 3.05) is 13.2 Å². The molecule has 0 fully saturated rings. The van der Waals surface area contributed by atoms with Crippen LogP contribution in [0.15, 0.2) is 23.3 Å². The van der Waals surface area contributed by atoms with Crippen molar-refractivity contribution in [2.45, 2.75) is 26.7 Å². The van der Waals surface area contributed by atoms with Gasteiger partial charge >= 0.3 is 0 Å². The molecule has 0 saturated heterocycles. The fourth-order valence-electron chi connectivity index (χ4n) is 1.49. The molecule has 0 aliphatic carbocycles. The maximum absolute atomic E-state index is 5.70. The molecule has 1 aromatic carbocycles. The molecule has 0 bridgehead atoms. The first-order chi connectivity index (χ1) is 9.67. The maximum Gasteiger partial charge on any atom is 0.184 e. The van der Waals surface area contributed by atoms with E-state index in [0.717, 1.165) is 24.2 Å². The van der Waals surface area contributed by atoms with Crippen LogP contribution in [0, 0.1) is 0 Å². The smallest absolute Gasteiger partial charge is 0.184 e. The van der Waals surface area contributed by atoms with Crippen LogP contribution in [0.5, 0.6) is 11.5 Å². The zero-order chi connectivity index (χ0) is 14.8. The van der Waals surface area contributed by atoms with Crippen molar-refractivity contribution in [2.24, 2.45) is 10.8 Å². The Morgan fingerprint density at radius 1 is 1.35 bits per heavy atom. The standard InChI is InChI=1S/C14H21N3O2S/c1-3-5-8-19-12-7-6-11(9-13(12)18-4-2)10-16-17-14(15)20/h6-7,9-10H,3-5,8H2,1-2H3,(H3,15,17,20)/b16-10+. The van der Waals surface area contributed by atoms with E-state index in [0.29, 0.717) is 19.0 Å². The minimum Gasteiger partial charge on any atom is -0.490 e. The van der Waals surface area contributed by atoms with E-state index in [4.69, 9.17) is 15.2 Å². The van der Waals surface area contributed by atoms with Gasteiger partial charge in [-0.3, -0.25) is 5.43 Å². The molecule has 0 aliphatic rings. The molecular weight excluding hydrogens is 274 g/mol. The lowest BCUT2D eigenvalue weighted by Gasteiger charge is -2.12. The first-order valence-electron chi connectivity index (χ1n) is 6.65. The molecule has 0 aliphatic heterocycles. The third-order valence-electron chi connectivity index (χ3n) is 2.41. The molecule has 0 unspecified atom stereocenters. The molecular formula is C14H21N3O2S. The molecule has 110 valence electrons. The van der Waals surface area contributed by atoms with E-state index in [9.17, 15) is 0 Å². The van der Waals surface area contributed by atoms with Crippen LogP contribution >= 0.6 is 12.2 Å². The second-order valence-electron chi connectivity index (χ2n) is 4.08. The Kier molecular flexibility index (Phi) is 7.42. The Balaban J connectivity index is 2.77. The van der Waals surface area contributed by atoms with Crippen LogP contribution in [0.25, 0.3) is 0 Å². The lowest BCUT2D eigenvalue weighted by Crippen LogP contribution is -2.23. The molecule has 0 aromatic heterocycles. The Morgan fingerprint density at radius 3 is 2.80 bits per heavy atom. The van der Waals surface area contributed by atoms with Gasteiger partial charge in [0.2, 0.25) is 0 Å². The number of nitrogens with two attached hydrogens (primary N) is 1. The lowest BCUT2D eigenvalue weighted by atomic mass is 10.2. The van der Waals surface area contributed by atoms with E-state index >= 15 is 0 Å². The SMILES string of the molecule is CCCCOc1ccc(/C=N/NC(N)=S)cc1OCC. The Hall–Kier alpha value is -1.82. The van der Waals surface area contributed by atoms with Gasteiger partial charge in [-0.1, -0.05) is 13.3 Å². The van der Waals surface area contributed by atoms with Crippen molar-refractivity contribution in [3.8, 4) is 11.5 Å². The van der Waals surface area contributed by atoms with Gasteiger partial charge in [0.05, 0.1) is 19.4 Å². The van der Waals surface area contributed by atoms with E-state index in [1.54, 1.807) is 6.21 Å². The largest absolute Gasteiger partial charge is 0.490 e. The summed E-state index contributed by atoms with van der Waals surface area (Å²) < 4.78 is 11.3. The third-order valence-corrected chi connectivity index (χ3v) is 2.50. The highest BCUT2D eigenvalue weighted by molar-refractivity contribution is 7.80. The van der Waals surface area contributed by atoms with Crippen LogP contribution in [0.1, 0.15) is 32.3 Å². The number of nitrogens with zero attached hydrogens (tertiary/aromatic N) is 1. The number of rotatable bonds is 8. The van der Waals surface area contributed by atoms with Crippen LogP contribution in [0.4, 0.5) is 0 Å². The van der Waals surface area contributed by atoms with E-state index in [-0.39, 0.29) is 5.11 Å². The van der Waals surface area contributed by atoms with Crippen LogP contribution in [-0.2, 0) is 0 Å². The number of nitrogens with one attached hydrogen (secondary N) is 1. The topological polar surface area (TPSA) is 68.9 Å². The van der Waals surface area contributed by atoms with Gasteiger partial charge in [-0.25, -0.2) is 0 Å². The predicted molar refractivity (Wildman–Crippen MR) is 85.5 cm³/mol. The molecule has 0 heterocycles. The van der Waals surface area contributed by atoms with E-state index in [1.165, 1.54) is 0 Å². The maximum atomic E-state index is 5.70. The molecule has 1 aromatic rings. The fourth-order valence-corrected chi connectivity index (χ4v) is 1.54. The average molecular weight is 295 g/mol. The van der Waals surface area contributed by atoms with Crippen molar-refractivity contribution in [1.82, 2.24) is 5.43 Å². The van der Waals surface area contributed by atoms with Crippen molar-refractivity contribution >= 4 is 23.5 Å². The van der Waals surface area contributed by atoms with Gasteiger partial charge in [0.15, 0.2) is 16.6 Å². The fraction of sp³-hybridized carbons (Fsp3) is 0.429. The van der Waals surface area contributed by atoms with Gasteiger partial charge < -0.3 is 15.2 Å².